The van der Waals surface area contributed by atoms with Crippen molar-refractivity contribution in [1.82, 2.24) is 15.0 Å². The predicted octanol–water partition coefficient (Wildman–Crippen LogP) is 3.43. The minimum atomic E-state index is -1.52. The monoisotopic (exact) mass is 451 g/mol. The number of hydrogen-bond acceptors (Lipinski definition) is 9. The molecular formula is C24H25N3O6. The zero-order chi connectivity index (χ0) is 23.6. The summed E-state index contributed by atoms with van der Waals surface area (Å²) in [6.07, 6.45) is -0.580. The molecule has 1 unspecified atom stereocenters. The van der Waals surface area contributed by atoms with E-state index in [0.29, 0.717) is 47.5 Å². The van der Waals surface area contributed by atoms with Gasteiger partial charge in [0.1, 0.15) is 11.5 Å². The third-order valence-corrected chi connectivity index (χ3v) is 4.24. The molecule has 0 saturated heterocycles. The molecule has 2 aromatic carbocycles. The van der Waals surface area contributed by atoms with Crippen molar-refractivity contribution in [3.8, 4) is 40.3 Å². The fourth-order valence-electron chi connectivity index (χ4n) is 2.89. The number of carbonyl (C=O) groups is 1. The van der Waals surface area contributed by atoms with Gasteiger partial charge in [-0.2, -0.15) is 9.97 Å². The first-order valence-corrected chi connectivity index (χ1v) is 10.4. The van der Waals surface area contributed by atoms with E-state index >= 15 is 0 Å². The van der Waals surface area contributed by atoms with Crippen LogP contribution in [0.3, 0.4) is 0 Å². The number of aromatic nitrogens is 3. The van der Waals surface area contributed by atoms with Gasteiger partial charge in [-0.05, 0) is 38.1 Å². The predicted molar refractivity (Wildman–Crippen MR) is 121 cm³/mol. The van der Waals surface area contributed by atoms with Crippen LogP contribution in [0.1, 0.15) is 13.8 Å². The second-order valence-electron chi connectivity index (χ2n) is 6.53. The van der Waals surface area contributed by atoms with Crippen molar-refractivity contribution in [2.75, 3.05) is 19.8 Å². The number of nitrogens with zero attached hydrogens (tertiary/aromatic N) is 3. The number of hydrogen-bond donors (Lipinski definition) is 1. The van der Waals surface area contributed by atoms with Crippen molar-refractivity contribution in [3.05, 3.63) is 61.2 Å². The second-order valence-corrected chi connectivity index (χ2v) is 6.53. The van der Waals surface area contributed by atoms with Crippen LogP contribution in [-0.2, 0) is 9.53 Å². The summed E-state index contributed by atoms with van der Waals surface area (Å²) in [5, 5.41) is 9.89. The molecule has 0 radical (unpaired) electrons. The Hall–Kier alpha value is -3.98. The first kappa shape index (κ1) is 23.7. The third kappa shape index (κ3) is 6.27. The minimum Gasteiger partial charge on any atom is -0.493 e. The first-order chi connectivity index (χ1) is 16.0. The zero-order valence-corrected chi connectivity index (χ0v) is 18.4. The molecule has 0 aliphatic rings. The Balaban J connectivity index is 2.03. The van der Waals surface area contributed by atoms with Crippen LogP contribution in [0.25, 0.3) is 22.8 Å². The lowest BCUT2D eigenvalue weighted by atomic mass is 10.1. The lowest BCUT2D eigenvalue weighted by Crippen LogP contribution is -2.24. The normalized spacial score (nSPS) is 11.4. The van der Waals surface area contributed by atoms with Crippen molar-refractivity contribution >= 4 is 5.97 Å². The van der Waals surface area contributed by atoms with Crippen LogP contribution in [-0.4, -0.2) is 52.1 Å². The van der Waals surface area contributed by atoms with Gasteiger partial charge in [0.15, 0.2) is 18.3 Å². The molecule has 9 nitrogen and oxygen atoms in total. The molecule has 1 heterocycles. The molecule has 0 amide bonds. The lowest BCUT2D eigenvalue weighted by Gasteiger charge is -2.14. The van der Waals surface area contributed by atoms with Gasteiger partial charge in [-0.15, -0.1) is 0 Å². The highest BCUT2D eigenvalue weighted by molar-refractivity contribution is 5.81. The first-order valence-electron chi connectivity index (χ1n) is 10.4. The van der Waals surface area contributed by atoms with Gasteiger partial charge in [0.05, 0.1) is 24.3 Å². The molecule has 3 rings (SSSR count). The molecule has 1 N–H and O–H groups in total. The Morgan fingerprint density at radius 3 is 1.91 bits per heavy atom. The Kier molecular flexibility index (Phi) is 8.31. The van der Waals surface area contributed by atoms with E-state index in [1.807, 2.05) is 62.4 Å². The number of ether oxygens (including phenoxy) is 4. The van der Waals surface area contributed by atoms with E-state index in [-0.39, 0.29) is 12.6 Å². The fourth-order valence-corrected chi connectivity index (χ4v) is 2.89. The van der Waals surface area contributed by atoms with Crippen molar-refractivity contribution in [3.63, 3.8) is 0 Å². The van der Waals surface area contributed by atoms with Gasteiger partial charge in [0.25, 0.3) is 0 Å². The largest absolute Gasteiger partial charge is 0.493 e. The number of aliphatic hydroxyl groups is 1. The lowest BCUT2D eigenvalue weighted by molar-refractivity contribution is -0.166. The van der Waals surface area contributed by atoms with Crippen LogP contribution in [0.15, 0.2) is 61.2 Å². The molecule has 0 aliphatic heterocycles. The van der Waals surface area contributed by atoms with E-state index in [2.05, 4.69) is 21.5 Å². The molecule has 0 bridgehead atoms. The smallest absolute Gasteiger partial charge is 0.332 e. The molecule has 33 heavy (non-hydrogen) atoms. The molecule has 0 saturated carbocycles. The number of benzene rings is 2. The number of esters is 1. The van der Waals surface area contributed by atoms with E-state index < -0.39 is 12.3 Å². The van der Waals surface area contributed by atoms with E-state index in [9.17, 15) is 9.90 Å². The quantitative estimate of drug-likeness (QED) is 0.266. The van der Waals surface area contributed by atoms with Gasteiger partial charge in [0, 0.05) is 6.08 Å². The summed E-state index contributed by atoms with van der Waals surface area (Å²) >= 11 is 0. The molecule has 0 fully saturated rings. The molecule has 0 spiro atoms. The van der Waals surface area contributed by atoms with Crippen LogP contribution < -0.4 is 14.2 Å². The Labute approximate surface area is 191 Å². The summed E-state index contributed by atoms with van der Waals surface area (Å²) in [4.78, 5) is 24.7. The number of aliphatic hydroxyl groups excluding tert-OH is 1. The highest BCUT2D eigenvalue weighted by Crippen LogP contribution is 2.32. The van der Waals surface area contributed by atoms with Gasteiger partial charge in [-0.3, -0.25) is 0 Å². The molecule has 3 aromatic rings. The molecular weight excluding hydrogens is 426 g/mol. The second kappa shape index (κ2) is 11.6. The number of rotatable bonds is 11. The maximum absolute atomic E-state index is 11.3. The van der Waals surface area contributed by atoms with Crippen molar-refractivity contribution < 1.29 is 28.8 Å². The van der Waals surface area contributed by atoms with Gasteiger partial charge >= 0.3 is 12.0 Å². The summed E-state index contributed by atoms with van der Waals surface area (Å²) in [5.74, 6) is 1.03. The summed E-state index contributed by atoms with van der Waals surface area (Å²) in [6.45, 7) is 7.60. The highest BCUT2D eigenvalue weighted by atomic mass is 16.7. The van der Waals surface area contributed by atoms with Gasteiger partial charge < -0.3 is 24.1 Å². The molecule has 9 heteroatoms. The average Bonchev–Trinajstić information content (AvgIpc) is 2.83. The summed E-state index contributed by atoms with van der Waals surface area (Å²) in [5.41, 5.74) is 1.28. The van der Waals surface area contributed by atoms with Gasteiger partial charge in [-0.25, -0.2) is 9.78 Å². The topological polar surface area (TPSA) is 113 Å². The van der Waals surface area contributed by atoms with E-state index in [4.69, 9.17) is 18.9 Å². The van der Waals surface area contributed by atoms with Crippen LogP contribution in [0, 0.1) is 0 Å². The van der Waals surface area contributed by atoms with Crippen molar-refractivity contribution in [2.45, 2.75) is 20.1 Å². The standard InChI is InChI=1S/C24H25N3O6/c1-4-20(28)33-21(29)15-32-24-26-22(16-11-7-9-13-18(16)30-5-2)25-23(27-24)17-12-8-10-14-19(17)31-6-3/h4,7-14,21,29H,1,5-6,15H2,2-3H3. The average molecular weight is 451 g/mol. The van der Waals surface area contributed by atoms with Crippen LogP contribution >= 0.6 is 0 Å². The highest BCUT2D eigenvalue weighted by Gasteiger charge is 2.18. The van der Waals surface area contributed by atoms with E-state index in [1.165, 1.54) is 0 Å². The number of para-hydroxylation sites is 2. The van der Waals surface area contributed by atoms with Crippen LogP contribution in [0.5, 0.6) is 17.5 Å². The third-order valence-electron chi connectivity index (χ3n) is 4.24. The van der Waals surface area contributed by atoms with E-state index in [0.717, 1.165) is 6.08 Å². The summed E-state index contributed by atoms with van der Waals surface area (Å²) in [6, 6.07) is 14.6. The van der Waals surface area contributed by atoms with E-state index in [1.54, 1.807) is 0 Å². The molecule has 1 aromatic heterocycles. The molecule has 1 atom stereocenters. The Bertz CT molecular complexity index is 1040. The van der Waals surface area contributed by atoms with Crippen LogP contribution in [0.4, 0.5) is 0 Å². The van der Waals surface area contributed by atoms with Crippen LogP contribution in [0.2, 0.25) is 0 Å². The minimum absolute atomic E-state index is 0.0682. The maximum Gasteiger partial charge on any atom is 0.332 e. The Morgan fingerprint density at radius 2 is 1.42 bits per heavy atom. The fraction of sp³-hybridized carbons (Fsp3) is 0.250. The van der Waals surface area contributed by atoms with Crippen molar-refractivity contribution in [1.29, 1.82) is 0 Å². The maximum atomic E-state index is 11.3. The number of carbonyl (C=O) groups excluding carboxylic acids is 1. The Morgan fingerprint density at radius 1 is 0.909 bits per heavy atom. The summed E-state index contributed by atoms with van der Waals surface area (Å²) < 4.78 is 21.7. The zero-order valence-electron chi connectivity index (χ0n) is 18.4. The molecule has 172 valence electrons. The molecule has 0 aliphatic carbocycles. The van der Waals surface area contributed by atoms with Gasteiger partial charge in [-0.1, -0.05) is 30.8 Å². The van der Waals surface area contributed by atoms with Crippen molar-refractivity contribution in [2.24, 2.45) is 0 Å². The van der Waals surface area contributed by atoms with Gasteiger partial charge in [0.2, 0.25) is 6.29 Å². The summed E-state index contributed by atoms with van der Waals surface area (Å²) in [7, 11) is 0. The SMILES string of the molecule is C=CC(=O)OC(O)COc1nc(-c2ccccc2OCC)nc(-c2ccccc2OCC)n1.